The molecule has 0 aliphatic carbocycles. The molecule has 0 aromatic carbocycles. The van der Waals surface area contributed by atoms with E-state index in [-0.39, 0.29) is 0 Å². The Labute approximate surface area is 90.9 Å². The van der Waals surface area contributed by atoms with E-state index in [0.29, 0.717) is 17.9 Å². The summed E-state index contributed by atoms with van der Waals surface area (Å²) in [7, 11) is 0. The van der Waals surface area contributed by atoms with E-state index in [1.165, 1.54) is 24.3 Å². The van der Waals surface area contributed by atoms with Crippen LogP contribution in [0.3, 0.4) is 0 Å². The van der Waals surface area contributed by atoms with Crippen molar-refractivity contribution in [2.24, 2.45) is 16.6 Å². The Morgan fingerprint density at radius 3 is 2.71 bits per heavy atom. The van der Waals surface area contributed by atoms with Gasteiger partial charge in [0.15, 0.2) is 5.96 Å². The summed E-state index contributed by atoms with van der Waals surface area (Å²) in [5.41, 5.74) is 5.78. The van der Waals surface area contributed by atoms with Crippen LogP contribution in [-0.2, 0) is 0 Å². The van der Waals surface area contributed by atoms with E-state index in [4.69, 9.17) is 5.73 Å². The van der Waals surface area contributed by atoms with Gasteiger partial charge in [0.1, 0.15) is 0 Å². The van der Waals surface area contributed by atoms with Gasteiger partial charge in [0.05, 0.1) is 0 Å². The first-order valence-electron chi connectivity index (χ1n) is 5.32. The minimum atomic E-state index is 0.548. The third-order valence-electron chi connectivity index (χ3n) is 2.20. The van der Waals surface area contributed by atoms with Gasteiger partial charge in [-0.15, -0.1) is 0 Å². The molecule has 14 heavy (non-hydrogen) atoms. The fraction of sp³-hybridized carbons (Fsp3) is 0.900. The highest BCUT2D eigenvalue weighted by Gasteiger charge is 2.13. The summed E-state index contributed by atoms with van der Waals surface area (Å²) < 4.78 is 0. The van der Waals surface area contributed by atoms with E-state index in [0.717, 1.165) is 6.54 Å². The first-order chi connectivity index (χ1) is 6.68. The number of nitrogens with zero attached hydrogens (tertiary/aromatic N) is 1. The van der Waals surface area contributed by atoms with Gasteiger partial charge < -0.3 is 11.1 Å². The number of nitrogens with one attached hydrogen (secondary N) is 1. The summed E-state index contributed by atoms with van der Waals surface area (Å²) in [5, 5.41) is 3.29. The number of aliphatic imine (C=N–C) groups is 1. The molecule has 0 saturated carbocycles. The Balaban J connectivity index is 2.24. The zero-order chi connectivity index (χ0) is 10.4. The van der Waals surface area contributed by atoms with Crippen molar-refractivity contribution < 1.29 is 0 Å². The molecule has 0 aromatic rings. The van der Waals surface area contributed by atoms with Crippen molar-refractivity contribution in [2.75, 3.05) is 18.1 Å². The van der Waals surface area contributed by atoms with Crippen LogP contribution in [0.2, 0.25) is 0 Å². The molecule has 0 aromatic heterocycles. The molecule has 3 N–H and O–H groups in total. The summed E-state index contributed by atoms with van der Waals surface area (Å²) in [6.45, 7) is 5.11. The first kappa shape index (κ1) is 11.7. The van der Waals surface area contributed by atoms with Gasteiger partial charge in [-0.05, 0) is 30.3 Å². The molecule has 0 atom stereocenters. The predicted octanol–water partition coefficient (Wildman–Crippen LogP) is 1.44. The molecule has 1 aliphatic rings. The molecule has 82 valence electrons. The van der Waals surface area contributed by atoms with E-state index in [9.17, 15) is 0 Å². The van der Waals surface area contributed by atoms with Crippen LogP contribution >= 0.6 is 11.8 Å². The summed E-state index contributed by atoms with van der Waals surface area (Å²) >= 11 is 2.02. The minimum absolute atomic E-state index is 0.548. The Kier molecular flexibility index (Phi) is 5.15. The van der Waals surface area contributed by atoms with Crippen molar-refractivity contribution in [1.82, 2.24) is 5.32 Å². The van der Waals surface area contributed by atoms with Crippen LogP contribution in [0, 0.1) is 5.92 Å². The SMILES string of the molecule is CC(C)CN=C(N)NC1CCSCC1. The average Bonchev–Trinajstić information content (AvgIpc) is 2.16. The van der Waals surface area contributed by atoms with E-state index >= 15 is 0 Å². The number of nitrogens with two attached hydrogens (primary N) is 1. The van der Waals surface area contributed by atoms with Gasteiger partial charge in [-0.1, -0.05) is 13.8 Å². The smallest absolute Gasteiger partial charge is 0.188 e. The lowest BCUT2D eigenvalue weighted by molar-refractivity contribution is 0.560. The second kappa shape index (κ2) is 6.17. The highest BCUT2D eigenvalue weighted by atomic mass is 32.2. The highest BCUT2D eigenvalue weighted by molar-refractivity contribution is 7.99. The van der Waals surface area contributed by atoms with Crippen LogP contribution in [-0.4, -0.2) is 30.1 Å². The van der Waals surface area contributed by atoms with Gasteiger partial charge >= 0.3 is 0 Å². The molecule has 1 aliphatic heterocycles. The summed E-state index contributed by atoms with van der Waals surface area (Å²) in [6.07, 6.45) is 2.42. The van der Waals surface area contributed by atoms with Crippen molar-refractivity contribution in [3.63, 3.8) is 0 Å². The van der Waals surface area contributed by atoms with Gasteiger partial charge in [-0.25, -0.2) is 0 Å². The number of rotatable bonds is 3. The Hall–Kier alpha value is -0.380. The maximum absolute atomic E-state index is 5.78. The molecular weight excluding hydrogens is 194 g/mol. The number of thioether (sulfide) groups is 1. The van der Waals surface area contributed by atoms with Gasteiger partial charge in [-0.3, -0.25) is 4.99 Å². The summed E-state index contributed by atoms with van der Waals surface area (Å²) in [6, 6.07) is 0.548. The quantitative estimate of drug-likeness (QED) is 0.553. The highest BCUT2D eigenvalue weighted by Crippen LogP contribution is 2.16. The average molecular weight is 215 g/mol. The van der Waals surface area contributed by atoms with Gasteiger partial charge in [-0.2, -0.15) is 11.8 Å². The number of guanidine groups is 1. The van der Waals surface area contributed by atoms with Crippen LogP contribution in [0.5, 0.6) is 0 Å². The van der Waals surface area contributed by atoms with Gasteiger partial charge in [0, 0.05) is 12.6 Å². The Morgan fingerprint density at radius 2 is 2.14 bits per heavy atom. The van der Waals surface area contributed by atoms with Crippen molar-refractivity contribution >= 4 is 17.7 Å². The van der Waals surface area contributed by atoms with E-state index in [1.54, 1.807) is 0 Å². The van der Waals surface area contributed by atoms with E-state index in [2.05, 4.69) is 24.2 Å². The molecule has 1 saturated heterocycles. The lowest BCUT2D eigenvalue weighted by atomic mass is 10.2. The molecule has 4 heteroatoms. The van der Waals surface area contributed by atoms with Crippen LogP contribution in [0.25, 0.3) is 0 Å². The van der Waals surface area contributed by atoms with Gasteiger partial charge in [0.2, 0.25) is 0 Å². The predicted molar refractivity (Wildman–Crippen MR) is 64.8 cm³/mol. The fourth-order valence-electron chi connectivity index (χ4n) is 1.38. The molecule has 1 fully saturated rings. The van der Waals surface area contributed by atoms with E-state index in [1.807, 2.05) is 11.8 Å². The second-order valence-corrected chi connectivity index (χ2v) is 5.38. The second-order valence-electron chi connectivity index (χ2n) is 4.15. The molecule has 3 nitrogen and oxygen atoms in total. The van der Waals surface area contributed by atoms with Crippen LogP contribution in [0.15, 0.2) is 4.99 Å². The Bertz CT molecular complexity index is 186. The monoisotopic (exact) mass is 215 g/mol. The molecular formula is C10H21N3S. The molecule has 1 rings (SSSR count). The third-order valence-corrected chi connectivity index (χ3v) is 3.25. The van der Waals surface area contributed by atoms with Crippen LogP contribution < -0.4 is 11.1 Å². The number of hydrogen-bond donors (Lipinski definition) is 2. The van der Waals surface area contributed by atoms with Crippen molar-refractivity contribution in [2.45, 2.75) is 32.7 Å². The van der Waals surface area contributed by atoms with Crippen LogP contribution in [0.4, 0.5) is 0 Å². The molecule has 0 spiro atoms. The van der Waals surface area contributed by atoms with Crippen molar-refractivity contribution in [3.05, 3.63) is 0 Å². The third kappa shape index (κ3) is 4.74. The number of hydrogen-bond acceptors (Lipinski definition) is 2. The standard InChI is InChI=1S/C10H21N3S/c1-8(2)7-12-10(11)13-9-3-5-14-6-4-9/h8-9H,3-7H2,1-2H3,(H3,11,12,13). The zero-order valence-electron chi connectivity index (χ0n) is 9.12. The fourth-order valence-corrected chi connectivity index (χ4v) is 2.48. The summed E-state index contributed by atoms with van der Waals surface area (Å²) in [4.78, 5) is 4.29. The lowest BCUT2D eigenvalue weighted by Gasteiger charge is -2.22. The van der Waals surface area contributed by atoms with Crippen molar-refractivity contribution in [3.8, 4) is 0 Å². The first-order valence-corrected chi connectivity index (χ1v) is 6.48. The maximum Gasteiger partial charge on any atom is 0.188 e. The normalized spacial score (nSPS) is 20.1. The summed E-state index contributed by atoms with van der Waals surface area (Å²) in [5.74, 6) is 3.69. The largest absolute Gasteiger partial charge is 0.370 e. The molecule has 0 amide bonds. The van der Waals surface area contributed by atoms with Crippen LogP contribution in [0.1, 0.15) is 26.7 Å². The maximum atomic E-state index is 5.78. The molecule has 0 radical (unpaired) electrons. The lowest BCUT2D eigenvalue weighted by Crippen LogP contribution is -2.42. The molecule has 1 heterocycles. The Morgan fingerprint density at radius 1 is 1.50 bits per heavy atom. The zero-order valence-corrected chi connectivity index (χ0v) is 9.94. The van der Waals surface area contributed by atoms with E-state index < -0.39 is 0 Å². The molecule has 0 unspecified atom stereocenters. The topological polar surface area (TPSA) is 50.4 Å². The van der Waals surface area contributed by atoms with Crippen molar-refractivity contribution in [1.29, 1.82) is 0 Å². The van der Waals surface area contributed by atoms with Gasteiger partial charge in [0.25, 0.3) is 0 Å². The minimum Gasteiger partial charge on any atom is -0.370 e. The molecule has 0 bridgehead atoms.